The molecule has 1 amide bonds. The third-order valence-electron chi connectivity index (χ3n) is 5.43. The first-order valence-electron chi connectivity index (χ1n) is 9.17. The van der Waals surface area contributed by atoms with Crippen LogP contribution in [0.15, 0.2) is 24.3 Å². The fourth-order valence-corrected chi connectivity index (χ4v) is 3.93. The third-order valence-corrected chi connectivity index (χ3v) is 5.43. The predicted octanol–water partition coefficient (Wildman–Crippen LogP) is 2.65. The van der Waals surface area contributed by atoms with Gasteiger partial charge in [-0.2, -0.15) is 0 Å². The first-order valence-corrected chi connectivity index (χ1v) is 9.17. The third kappa shape index (κ3) is 4.72. The van der Waals surface area contributed by atoms with E-state index in [1.807, 2.05) is 11.0 Å². The van der Waals surface area contributed by atoms with Crippen molar-refractivity contribution in [3.8, 4) is 0 Å². The van der Waals surface area contributed by atoms with Gasteiger partial charge in [0, 0.05) is 43.7 Å². The van der Waals surface area contributed by atoms with Gasteiger partial charge >= 0.3 is 0 Å². The van der Waals surface area contributed by atoms with Gasteiger partial charge in [-0.1, -0.05) is 18.2 Å². The summed E-state index contributed by atoms with van der Waals surface area (Å²) in [6.45, 7) is 7.29. The largest absolute Gasteiger partial charge is 0.378 e. The number of pyridine rings is 1. The lowest BCUT2D eigenvalue weighted by Gasteiger charge is -2.29. The molecule has 0 radical (unpaired) electrons. The van der Waals surface area contributed by atoms with Gasteiger partial charge in [-0.3, -0.25) is 14.7 Å². The van der Waals surface area contributed by atoms with Crippen LogP contribution in [0.4, 0.5) is 0 Å². The highest BCUT2D eigenvalue weighted by molar-refractivity contribution is 5.85. The molecule has 0 unspecified atom stereocenters. The van der Waals surface area contributed by atoms with E-state index in [4.69, 9.17) is 9.72 Å². The summed E-state index contributed by atoms with van der Waals surface area (Å²) in [4.78, 5) is 21.6. The Morgan fingerprint density at radius 3 is 2.56 bits per heavy atom. The van der Waals surface area contributed by atoms with Crippen molar-refractivity contribution >= 4 is 41.6 Å². The van der Waals surface area contributed by atoms with E-state index in [0.29, 0.717) is 19.8 Å². The summed E-state index contributed by atoms with van der Waals surface area (Å²) in [5.41, 5.74) is 5.01. The quantitative estimate of drug-likeness (QED) is 0.761. The fraction of sp³-hybridized carbons (Fsp3) is 0.500. The first kappa shape index (κ1) is 21.9. The Morgan fingerprint density at radius 1 is 1.07 bits per heavy atom. The van der Waals surface area contributed by atoms with Crippen molar-refractivity contribution in [1.82, 2.24) is 14.8 Å². The number of rotatable bonds is 2. The maximum absolute atomic E-state index is 12.5. The number of amides is 1. The minimum atomic E-state index is 0. The van der Waals surface area contributed by atoms with Gasteiger partial charge in [-0.25, -0.2) is 0 Å². The van der Waals surface area contributed by atoms with Crippen molar-refractivity contribution in [2.45, 2.75) is 19.8 Å². The number of fused-ring (bicyclic) bond motifs is 2. The summed E-state index contributed by atoms with van der Waals surface area (Å²) >= 11 is 0. The van der Waals surface area contributed by atoms with Crippen LogP contribution in [-0.4, -0.2) is 66.6 Å². The van der Waals surface area contributed by atoms with Crippen LogP contribution in [0.2, 0.25) is 0 Å². The van der Waals surface area contributed by atoms with E-state index in [2.05, 4.69) is 30.0 Å². The molecule has 0 saturated carbocycles. The summed E-state index contributed by atoms with van der Waals surface area (Å²) in [6.07, 6.45) is 1.88. The highest BCUT2D eigenvalue weighted by Crippen LogP contribution is 2.25. The molecule has 2 aliphatic rings. The first-order chi connectivity index (χ1) is 12.2. The lowest BCUT2D eigenvalue weighted by molar-refractivity contribution is -0.136. The summed E-state index contributed by atoms with van der Waals surface area (Å²) in [6, 6.07) is 8.37. The maximum atomic E-state index is 12.5. The van der Waals surface area contributed by atoms with E-state index in [0.717, 1.165) is 44.5 Å². The Balaban J connectivity index is 0.00000131. The Hall–Kier alpha value is -1.40. The Bertz CT molecular complexity index is 794. The Morgan fingerprint density at radius 2 is 1.78 bits per heavy atom. The molecule has 7 heteroatoms. The second-order valence-electron chi connectivity index (χ2n) is 6.95. The standard InChI is InChI=1S/C20H25N3O2.2ClH/c1-15-16-4-2-3-5-18(16)21-19-7-9-22(8-6-17(15)19)14-20(24)23-10-12-25-13-11-23;;/h2-5H,6-14H2,1H3;2*1H. The monoisotopic (exact) mass is 411 g/mol. The highest BCUT2D eigenvalue weighted by atomic mass is 35.5. The summed E-state index contributed by atoms with van der Waals surface area (Å²) < 4.78 is 5.34. The number of benzene rings is 1. The maximum Gasteiger partial charge on any atom is 0.236 e. The van der Waals surface area contributed by atoms with Crippen LogP contribution in [-0.2, 0) is 22.4 Å². The molecule has 0 bridgehead atoms. The van der Waals surface area contributed by atoms with Crippen molar-refractivity contribution in [3.05, 3.63) is 41.1 Å². The molecule has 0 aliphatic carbocycles. The van der Waals surface area contributed by atoms with Gasteiger partial charge < -0.3 is 9.64 Å². The molecular weight excluding hydrogens is 385 g/mol. The lowest BCUT2D eigenvalue weighted by atomic mass is 9.99. The average molecular weight is 412 g/mol. The molecule has 4 rings (SSSR count). The minimum Gasteiger partial charge on any atom is -0.378 e. The van der Waals surface area contributed by atoms with Crippen LogP contribution in [0.1, 0.15) is 16.8 Å². The number of nitrogens with zero attached hydrogens (tertiary/aromatic N) is 3. The molecular formula is C20H27Cl2N3O2. The number of aryl methyl sites for hydroxylation is 1. The van der Waals surface area contributed by atoms with Crippen molar-refractivity contribution in [2.75, 3.05) is 45.9 Å². The summed E-state index contributed by atoms with van der Waals surface area (Å²) in [5.74, 6) is 0.226. The van der Waals surface area contributed by atoms with Crippen LogP contribution in [0.3, 0.4) is 0 Å². The van der Waals surface area contributed by atoms with Crippen LogP contribution in [0.25, 0.3) is 10.9 Å². The summed E-state index contributed by atoms with van der Waals surface area (Å²) in [5, 5.41) is 1.25. The number of morpholine rings is 1. The molecule has 1 aromatic heterocycles. The number of para-hydroxylation sites is 1. The van der Waals surface area contributed by atoms with E-state index < -0.39 is 0 Å². The molecule has 0 atom stereocenters. The van der Waals surface area contributed by atoms with E-state index in [1.54, 1.807) is 0 Å². The van der Waals surface area contributed by atoms with Gasteiger partial charge in [0.25, 0.3) is 0 Å². The molecule has 27 heavy (non-hydrogen) atoms. The molecule has 1 saturated heterocycles. The molecule has 148 valence electrons. The highest BCUT2D eigenvalue weighted by Gasteiger charge is 2.23. The SMILES string of the molecule is Cc1c2c(nc3ccccc13)CCN(CC(=O)N1CCOCC1)CC2.Cl.Cl. The second kappa shape index (κ2) is 9.69. The number of carbonyl (C=O) groups excluding carboxylic acids is 1. The Labute approximate surface area is 172 Å². The van der Waals surface area contributed by atoms with Gasteiger partial charge in [-0.15, -0.1) is 24.8 Å². The molecule has 0 N–H and O–H groups in total. The zero-order chi connectivity index (χ0) is 17.2. The summed E-state index contributed by atoms with van der Waals surface area (Å²) in [7, 11) is 0. The number of carbonyl (C=O) groups is 1. The van der Waals surface area contributed by atoms with Crippen LogP contribution in [0.5, 0.6) is 0 Å². The lowest BCUT2D eigenvalue weighted by Crippen LogP contribution is -2.46. The number of hydrogen-bond donors (Lipinski definition) is 0. The van der Waals surface area contributed by atoms with Gasteiger partial charge in [0.2, 0.25) is 5.91 Å². The number of halogens is 2. The van der Waals surface area contributed by atoms with E-state index in [1.165, 1.54) is 22.2 Å². The van der Waals surface area contributed by atoms with E-state index >= 15 is 0 Å². The van der Waals surface area contributed by atoms with Gasteiger partial charge in [0.15, 0.2) is 0 Å². The molecule has 2 aliphatic heterocycles. The predicted molar refractivity (Wildman–Crippen MR) is 112 cm³/mol. The number of hydrogen-bond acceptors (Lipinski definition) is 4. The van der Waals surface area contributed by atoms with Crippen LogP contribution in [0, 0.1) is 6.92 Å². The van der Waals surface area contributed by atoms with Crippen molar-refractivity contribution in [3.63, 3.8) is 0 Å². The topological polar surface area (TPSA) is 45.7 Å². The van der Waals surface area contributed by atoms with Crippen LogP contribution >= 0.6 is 24.8 Å². The van der Waals surface area contributed by atoms with Crippen molar-refractivity contribution in [1.29, 1.82) is 0 Å². The molecule has 3 heterocycles. The Kier molecular flexibility index (Phi) is 7.86. The van der Waals surface area contributed by atoms with Crippen LogP contribution < -0.4 is 0 Å². The van der Waals surface area contributed by atoms with Crippen molar-refractivity contribution in [2.24, 2.45) is 0 Å². The van der Waals surface area contributed by atoms with E-state index in [9.17, 15) is 4.79 Å². The minimum absolute atomic E-state index is 0. The van der Waals surface area contributed by atoms with Gasteiger partial charge in [0.1, 0.15) is 0 Å². The zero-order valence-electron chi connectivity index (χ0n) is 15.6. The molecule has 1 aromatic carbocycles. The normalized spacial score (nSPS) is 17.4. The molecule has 1 fully saturated rings. The zero-order valence-corrected chi connectivity index (χ0v) is 17.3. The number of aromatic nitrogens is 1. The second-order valence-corrected chi connectivity index (χ2v) is 6.95. The average Bonchev–Trinajstić information content (AvgIpc) is 2.85. The molecule has 5 nitrogen and oxygen atoms in total. The number of ether oxygens (including phenoxy) is 1. The van der Waals surface area contributed by atoms with Gasteiger partial charge in [-0.05, 0) is 30.5 Å². The molecule has 2 aromatic rings. The molecule has 0 spiro atoms. The van der Waals surface area contributed by atoms with Crippen molar-refractivity contribution < 1.29 is 9.53 Å². The van der Waals surface area contributed by atoms with E-state index in [-0.39, 0.29) is 30.7 Å². The smallest absolute Gasteiger partial charge is 0.236 e. The fourth-order valence-electron chi connectivity index (χ4n) is 3.93. The van der Waals surface area contributed by atoms with Gasteiger partial charge in [0.05, 0.1) is 25.3 Å².